The van der Waals surface area contributed by atoms with Crippen LogP contribution >= 0.6 is 11.3 Å². The summed E-state index contributed by atoms with van der Waals surface area (Å²) in [6, 6.07) is 0. The van der Waals surface area contributed by atoms with Crippen LogP contribution in [0.2, 0.25) is 0 Å². The number of fused-ring (bicyclic) bond motifs is 1. The molecular formula is C8H6N2O2S. The minimum absolute atomic E-state index is 0.321. The van der Waals surface area contributed by atoms with Gasteiger partial charge in [0.2, 0.25) is 0 Å². The van der Waals surface area contributed by atoms with Crippen molar-refractivity contribution in [2.75, 3.05) is 0 Å². The lowest BCUT2D eigenvalue weighted by Gasteiger charge is -1.84. The number of carbonyl (C=O) groups excluding carboxylic acids is 1. The molecule has 1 aliphatic heterocycles. The highest BCUT2D eigenvalue weighted by Crippen LogP contribution is 2.22. The predicted molar refractivity (Wildman–Crippen MR) is 49.8 cm³/mol. The number of nitrogens with two attached hydrogens (primary N) is 1. The predicted octanol–water partition coefficient (Wildman–Crippen LogP) is 1.21. The van der Waals surface area contributed by atoms with Gasteiger partial charge in [0.15, 0.2) is 5.01 Å². The molecule has 2 rings (SSSR count). The number of amides is 1. The number of thiazole rings is 1. The number of rotatable bonds is 1. The summed E-state index contributed by atoms with van der Waals surface area (Å²) in [6.07, 6.45) is 6.48. The van der Waals surface area contributed by atoms with Crippen molar-refractivity contribution in [3.05, 3.63) is 28.1 Å². The third kappa shape index (κ3) is 1.46. The van der Waals surface area contributed by atoms with Gasteiger partial charge in [-0.3, -0.25) is 4.79 Å². The van der Waals surface area contributed by atoms with Gasteiger partial charge in [0.05, 0.1) is 23.1 Å². The van der Waals surface area contributed by atoms with Gasteiger partial charge in [-0.2, -0.15) is 0 Å². The largest absolute Gasteiger partial charge is 0.473 e. The van der Waals surface area contributed by atoms with Crippen LogP contribution in [-0.2, 0) is 4.74 Å². The fourth-order valence-electron chi connectivity index (χ4n) is 0.938. The summed E-state index contributed by atoms with van der Waals surface area (Å²) < 4.78 is 4.93. The lowest BCUT2D eigenvalue weighted by molar-refractivity contribution is 0.1000. The lowest BCUT2D eigenvalue weighted by atomic mass is 10.3. The SMILES string of the molecule is NC(=O)c1nc2c(s1)C=COC=C2. The Morgan fingerprint density at radius 3 is 3.00 bits per heavy atom. The van der Waals surface area contributed by atoms with Gasteiger partial charge < -0.3 is 10.5 Å². The van der Waals surface area contributed by atoms with Gasteiger partial charge in [-0.25, -0.2) is 4.98 Å². The number of ether oxygens (including phenoxy) is 1. The van der Waals surface area contributed by atoms with Crippen LogP contribution in [0.1, 0.15) is 20.4 Å². The third-order valence-electron chi connectivity index (χ3n) is 1.49. The van der Waals surface area contributed by atoms with E-state index in [1.807, 2.05) is 0 Å². The average Bonchev–Trinajstić information content (AvgIpc) is 2.38. The summed E-state index contributed by atoms with van der Waals surface area (Å²) in [5.74, 6) is -0.499. The Kier molecular flexibility index (Phi) is 1.86. The normalized spacial score (nSPS) is 13.2. The van der Waals surface area contributed by atoms with E-state index in [0.29, 0.717) is 10.7 Å². The summed E-state index contributed by atoms with van der Waals surface area (Å²) in [4.78, 5) is 15.7. The van der Waals surface area contributed by atoms with Crippen molar-refractivity contribution in [2.45, 2.75) is 0 Å². The monoisotopic (exact) mass is 194 g/mol. The first-order valence-corrected chi connectivity index (χ1v) is 4.38. The Morgan fingerprint density at radius 2 is 2.23 bits per heavy atom. The molecule has 0 unspecified atom stereocenters. The van der Waals surface area contributed by atoms with Crippen molar-refractivity contribution in [3.63, 3.8) is 0 Å². The van der Waals surface area contributed by atoms with E-state index in [-0.39, 0.29) is 0 Å². The molecule has 2 heterocycles. The number of hydrogen-bond donors (Lipinski definition) is 1. The molecule has 0 atom stereocenters. The topological polar surface area (TPSA) is 65.2 Å². The molecule has 0 radical (unpaired) electrons. The molecule has 4 nitrogen and oxygen atoms in total. The van der Waals surface area contributed by atoms with Crippen LogP contribution in [0.15, 0.2) is 12.5 Å². The zero-order valence-electron chi connectivity index (χ0n) is 6.56. The van der Waals surface area contributed by atoms with Crippen LogP contribution in [0.4, 0.5) is 0 Å². The summed E-state index contributed by atoms with van der Waals surface area (Å²) in [5, 5.41) is 0.321. The quantitative estimate of drug-likeness (QED) is 0.730. The van der Waals surface area contributed by atoms with Crippen LogP contribution in [0.5, 0.6) is 0 Å². The molecule has 0 saturated carbocycles. The Hall–Kier alpha value is -1.62. The van der Waals surface area contributed by atoms with Gasteiger partial charge in [-0.15, -0.1) is 11.3 Å². The van der Waals surface area contributed by atoms with Crippen molar-refractivity contribution >= 4 is 29.4 Å². The first-order valence-electron chi connectivity index (χ1n) is 3.56. The highest BCUT2D eigenvalue weighted by Gasteiger charge is 2.11. The van der Waals surface area contributed by atoms with E-state index in [0.717, 1.165) is 4.88 Å². The zero-order chi connectivity index (χ0) is 9.26. The van der Waals surface area contributed by atoms with Crippen molar-refractivity contribution in [2.24, 2.45) is 5.73 Å². The van der Waals surface area contributed by atoms with Crippen LogP contribution < -0.4 is 5.73 Å². The maximum atomic E-state index is 10.8. The summed E-state index contributed by atoms with van der Waals surface area (Å²) in [5.41, 5.74) is 5.81. The summed E-state index contributed by atoms with van der Waals surface area (Å²) in [7, 11) is 0. The first-order chi connectivity index (χ1) is 6.27. The Labute approximate surface area is 78.3 Å². The number of carbonyl (C=O) groups is 1. The molecule has 0 bridgehead atoms. The van der Waals surface area contributed by atoms with E-state index in [4.69, 9.17) is 10.5 Å². The molecule has 66 valence electrons. The van der Waals surface area contributed by atoms with Gasteiger partial charge in [0.25, 0.3) is 5.91 Å². The Morgan fingerprint density at radius 1 is 1.46 bits per heavy atom. The molecule has 5 heteroatoms. The second-order valence-electron chi connectivity index (χ2n) is 2.37. The number of nitrogens with zero attached hydrogens (tertiary/aromatic N) is 1. The minimum Gasteiger partial charge on any atom is -0.473 e. The Balaban J connectivity index is 2.50. The third-order valence-corrected chi connectivity index (χ3v) is 2.55. The van der Waals surface area contributed by atoms with E-state index in [1.54, 1.807) is 12.2 Å². The van der Waals surface area contributed by atoms with Crippen molar-refractivity contribution in [1.82, 2.24) is 4.98 Å². The molecule has 0 spiro atoms. The zero-order valence-corrected chi connectivity index (χ0v) is 7.38. The fourth-order valence-corrected chi connectivity index (χ4v) is 1.73. The smallest absolute Gasteiger partial charge is 0.277 e. The van der Waals surface area contributed by atoms with E-state index < -0.39 is 5.91 Å². The van der Waals surface area contributed by atoms with E-state index in [2.05, 4.69) is 4.98 Å². The second-order valence-corrected chi connectivity index (χ2v) is 3.40. The van der Waals surface area contributed by atoms with Crippen LogP contribution in [0, 0.1) is 0 Å². The van der Waals surface area contributed by atoms with Gasteiger partial charge in [-0.05, 0) is 6.08 Å². The molecule has 13 heavy (non-hydrogen) atoms. The summed E-state index contributed by atoms with van der Waals surface area (Å²) >= 11 is 1.25. The van der Waals surface area contributed by atoms with Crippen LogP contribution in [-0.4, -0.2) is 10.9 Å². The highest BCUT2D eigenvalue weighted by molar-refractivity contribution is 7.14. The number of primary amides is 1. The molecule has 0 saturated heterocycles. The van der Waals surface area contributed by atoms with Crippen LogP contribution in [0.25, 0.3) is 12.2 Å². The van der Waals surface area contributed by atoms with Crippen molar-refractivity contribution < 1.29 is 9.53 Å². The van der Waals surface area contributed by atoms with Crippen LogP contribution in [0.3, 0.4) is 0 Å². The molecule has 2 N–H and O–H groups in total. The van der Waals surface area contributed by atoms with E-state index in [1.165, 1.54) is 23.9 Å². The summed E-state index contributed by atoms with van der Waals surface area (Å²) in [6.45, 7) is 0. The number of hydrogen-bond acceptors (Lipinski definition) is 4. The van der Waals surface area contributed by atoms with Gasteiger partial charge in [0, 0.05) is 6.08 Å². The highest BCUT2D eigenvalue weighted by atomic mass is 32.1. The fraction of sp³-hybridized carbons (Fsp3) is 0. The first kappa shape index (κ1) is 8.00. The van der Waals surface area contributed by atoms with Crippen molar-refractivity contribution in [3.8, 4) is 0 Å². The van der Waals surface area contributed by atoms with Gasteiger partial charge in [-0.1, -0.05) is 0 Å². The van der Waals surface area contributed by atoms with Crippen molar-refractivity contribution in [1.29, 1.82) is 0 Å². The molecule has 1 amide bonds. The number of aromatic nitrogens is 1. The standard InChI is InChI=1S/C8H6N2O2S/c9-7(11)8-10-5-1-3-12-4-2-6(5)13-8/h1-4H,(H2,9,11). The maximum absolute atomic E-state index is 10.8. The lowest BCUT2D eigenvalue weighted by Crippen LogP contribution is -2.10. The molecule has 0 aromatic carbocycles. The van der Waals surface area contributed by atoms with E-state index in [9.17, 15) is 4.79 Å². The Bertz CT molecular complexity index is 377. The molecule has 0 aliphatic carbocycles. The molecule has 0 fully saturated rings. The van der Waals surface area contributed by atoms with Gasteiger partial charge >= 0.3 is 0 Å². The molecule has 1 aromatic heterocycles. The minimum atomic E-state index is -0.499. The average molecular weight is 194 g/mol. The second kappa shape index (κ2) is 3.02. The maximum Gasteiger partial charge on any atom is 0.277 e. The van der Waals surface area contributed by atoms with Gasteiger partial charge in [0.1, 0.15) is 0 Å². The molecular weight excluding hydrogens is 188 g/mol. The molecule has 1 aromatic rings. The molecule has 1 aliphatic rings. The van der Waals surface area contributed by atoms with E-state index >= 15 is 0 Å².